The molecule has 0 aromatic heterocycles. The standard InChI is InChI=1S/C14H17NO3S/c1-10-3-4-13(7-11(10)2)15-14(16)8-12-5-6-19(17,18)9-12/h3-7,12H,8-9H2,1-2H3,(H,15,16)/t12-/m0/s1. The lowest BCUT2D eigenvalue weighted by Crippen LogP contribution is -2.17. The maximum absolute atomic E-state index is 11.8. The van der Waals surface area contributed by atoms with Crippen molar-refractivity contribution < 1.29 is 13.2 Å². The zero-order valence-corrected chi connectivity index (χ0v) is 11.8. The van der Waals surface area contributed by atoms with E-state index in [0.29, 0.717) is 0 Å². The van der Waals surface area contributed by atoms with Gasteiger partial charge in [0.2, 0.25) is 5.91 Å². The van der Waals surface area contributed by atoms with Crippen molar-refractivity contribution in [1.29, 1.82) is 0 Å². The minimum Gasteiger partial charge on any atom is -0.326 e. The molecule has 1 heterocycles. The second kappa shape index (κ2) is 5.17. The molecule has 5 heteroatoms. The Balaban J connectivity index is 1.95. The fraction of sp³-hybridized carbons (Fsp3) is 0.357. The molecule has 1 aliphatic heterocycles. The lowest BCUT2D eigenvalue weighted by atomic mass is 10.1. The summed E-state index contributed by atoms with van der Waals surface area (Å²) < 4.78 is 22.5. The number of carbonyl (C=O) groups is 1. The van der Waals surface area contributed by atoms with Crippen LogP contribution in [0.4, 0.5) is 5.69 Å². The highest BCUT2D eigenvalue weighted by molar-refractivity contribution is 7.94. The van der Waals surface area contributed by atoms with Crippen molar-refractivity contribution in [2.75, 3.05) is 11.1 Å². The highest BCUT2D eigenvalue weighted by Crippen LogP contribution is 2.20. The summed E-state index contributed by atoms with van der Waals surface area (Å²) in [5.41, 5.74) is 3.03. The Morgan fingerprint density at radius 2 is 2.05 bits per heavy atom. The number of allylic oxidation sites excluding steroid dienone is 1. The summed E-state index contributed by atoms with van der Waals surface area (Å²) in [5.74, 6) is -0.334. The second-order valence-electron chi connectivity index (χ2n) is 4.97. The number of nitrogens with one attached hydrogen (secondary N) is 1. The van der Waals surface area contributed by atoms with E-state index in [1.165, 1.54) is 11.0 Å². The summed E-state index contributed by atoms with van der Waals surface area (Å²) >= 11 is 0. The first-order valence-corrected chi connectivity index (χ1v) is 7.85. The van der Waals surface area contributed by atoms with E-state index < -0.39 is 9.84 Å². The van der Waals surface area contributed by atoms with Gasteiger partial charge in [-0.3, -0.25) is 4.79 Å². The molecule has 0 saturated heterocycles. The summed E-state index contributed by atoms with van der Waals surface area (Å²) in [6.45, 7) is 3.99. The molecule has 2 rings (SSSR count). The molecule has 0 bridgehead atoms. The highest BCUT2D eigenvalue weighted by atomic mass is 32.2. The quantitative estimate of drug-likeness (QED) is 0.922. The first kappa shape index (κ1) is 13.8. The third-order valence-corrected chi connectivity index (χ3v) is 4.71. The van der Waals surface area contributed by atoms with Gasteiger partial charge < -0.3 is 5.32 Å². The molecule has 4 nitrogen and oxygen atoms in total. The van der Waals surface area contributed by atoms with E-state index >= 15 is 0 Å². The number of rotatable bonds is 3. The van der Waals surface area contributed by atoms with Crippen LogP contribution < -0.4 is 5.32 Å². The number of sulfone groups is 1. The molecule has 19 heavy (non-hydrogen) atoms. The number of aryl methyl sites for hydroxylation is 2. The Hall–Kier alpha value is -1.62. The monoisotopic (exact) mass is 279 g/mol. The third-order valence-electron chi connectivity index (χ3n) is 3.24. The van der Waals surface area contributed by atoms with Crippen molar-refractivity contribution in [2.45, 2.75) is 20.3 Å². The summed E-state index contributed by atoms with van der Waals surface area (Å²) in [4.78, 5) is 11.8. The molecule has 1 aliphatic rings. The molecule has 102 valence electrons. The van der Waals surface area contributed by atoms with Crippen LogP contribution in [-0.2, 0) is 14.6 Å². The molecule has 1 N–H and O–H groups in total. The minimum atomic E-state index is -3.09. The molecule has 0 saturated carbocycles. The molecule has 1 amide bonds. The Kier molecular flexibility index (Phi) is 3.75. The van der Waals surface area contributed by atoms with Gasteiger partial charge in [0.1, 0.15) is 0 Å². The summed E-state index contributed by atoms with van der Waals surface area (Å²) in [6.07, 6.45) is 1.79. The maximum Gasteiger partial charge on any atom is 0.224 e. The van der Waals surface area contributed by atoms with Crippen molar-refractivity contribution in [2.24, 2.45) is 5.92 Å². The average Bonchev–Trinajstić information content (AvgIpc) is 2.63. The van der Waals surface area contributed by atoms with Crippen LogP contribution in [0.25, 0.3) is 0 Å². The van der Waals surface area contributed by atoms with Crippen molar-refractivity contribution in [3.63, 3.8) is 0 Å². The fourth-order valence-corrected chi connectivity index (χ4v) is 3.44. The Morgan fingerprint density at radius 3 is 2.63 bits per heavy atom. The van der Waals surface area contributed by atoms with Crippen LogP contribution >= 0.6 is 0 Å². The van der Waals surface area contributed by atoms with Gasteiger partial charge in [0, 0.05) is 23.4 Å². The van der Waals surface area contributed by atoms with Gasteiger partial charge in [0.25, 0.3) is 0 Å². The summed E-state index contributed by atoms with van der Waals surface area (Å²) in [6, 6.07) is 5.71. The third kappa shape index (κ3) is 3.67. The van der Waals surface area contributed by atoms with E-state index in [4.69, 9.17) is 0 Å². The maximum atomic E-state index is 11.8. The number of carbonyl (C=O) groups excluding carboxylic acids is 1. The van der Waals surface area contributed by atoms with Gasteiger partial charge in [0.15, 0.2) is 9.84 Å². The predicted molar refractivity (Wildman–Crippen MR) is 75.6 cm³/mol. The van der Waals surface area contributed by atoms with Crippen molar-refractivity contribution in [3.05, 3.63) is 40.8 Å². The van der Waals surface area contributed by atoms with Gasteiger partial charge in [-0.25, -0.2) is 8.42 Å². The van der Waals surface area contributed by atoms with Gasteiger partial charge in [-0.1, -0.05) is 12.1 Å². The topological polar surface area (TPSA) is 63.2 Å². The number of hydrogen-bond acceptors (Lipinski definition) is 3. The normalized spacial score (nSPS) is 20.4. The molecule has 0 aliphatic carbocycles. The van der Waals surface area contributed by atoms with Crippen LogP contribution in [0, 0.1) is 19.8 Å². The highest BCUT2D eigenvalue weighted by Gasteiger charge is 2.23. The molecule has 0 spiro atoms. The van der Waals surface area contributed by atoms with Crippen LogP contribution in [-0.4, -0.2) is 20.1 Å². The lowest BCUT2D eigenvalue weighted by molar-refractivity contribution is -0.116. The molecular weight excluding hydrogens is 262 g/mol. The number of amides is 1. The molecule has 1 atom stereocenters. The van der Waals surface area contributed by atoms with Gasteiger partial charge in [0.05, 0.1) is 5.75 Å². The van der Waals surface area contributed by atoms with Gasteiger partial charge >= 0.3 is 0 Å². The first-order chi connectivity index (χ1) is 8.85. The van der Waals surface area contributed by atoms with E-state index in [1.807, 2.05) is 32.0 Å². The summed E-state index contributed by atoms with van der Waals surface area (Å²) in [7, 11) is -3.09. The minimum absolute atomic E-state index is 0.0351. The van der Waals surface area contributed by atoms with E-state index in [0.717, 1.165) is 11.3 Å². The molecule has 1 aromatic carbocycles. The van der Waals surface area contributed by atoms with Gasteiger partial charge in [-0.05, 0) is 37.1 Å². The van der Waals surface area contributed by atoms with E-state index in [2.05, 4.69) is 5.32 Å². The van der Waals surface area contributed by atoms with Crippen LogP contribution in [0.1, 0.15) is 17.5 Å². The lowest BCUT2D eigenvalue weighted by Gasteiger charge is -2.09. The molecule has 0 unspecified atom stereocenters. The summed E-state index contributed by atoms with van der Waals surface area (Å²) in [5, 5.41) is 3.99. The zero-order valence-electron chi connectivity index (χ0n) is 11.0. The Morgan fingerprint density at radius 1 is 1.32 bits per heavy atom. The van der Waals surface area contributed by atoms with Crippen molar-refractivity contribution in [3.8, 4) is 0 Å². The van der Waals surface area contributed by atoms with Crippen molar-refractivity contribution in [1.82, 2.24) is 0 Å². The van der Waals surface area contributed by atoms with Gasteiger partial charge in [-0.2, -0.15) is 0 Å². The number of hydrogen-bond donors (Lipinski definition) is 1. The van der Waals surface area contributed by atoms with Gasteiger partial charge in [-0.15, -0.1) is 0 Å². The van der Waals surface area contributed by atoms with Crippen LogP contribution in [0.15, 0.2) is 29.7 Å². The molecule has 0 fully saturated rings. The number of anilines is 1. The molecule has 1 aromatic rings. The van der Waals surface area contributed by atoms with Crippen LogP contribution in [0.3, 0.4) is 0 Å². The SMILES string of the molecule is Cc1ccc(NC(=O)C[C@@H]2C=CS(=O)(=O)C2)cc1C. The number of benzene rings is 1. The second-order valence-corrected chi connectivity index (χ2v) is 6.90. The Labute approximate surface area is 113 Å². The van der Waals surface area contributed by atoms with Crippen LogP contribution in [0.2, 0.25) is 0 Å². The molecule has 0 radical (unpaired) electrons. The largest absolute Gasteiger partial charge is 0.326 e. The van der Waals surface area contributed by atoms with Crippen LogP contribution in [0.5, 0.6) is 0 Å². The first-order valence-electron chi connectivity index (χ1n) is 6.14. The predicted octanol–water partition coefficient (Wildman–Crippen LogP) is 2.19. The fourth-order valence-electron chi connectivity index (χ4n) is 2.04. The van der Waals surface area contributed by atoms with Crippen molar-refractivity contribution >= 4 is 21.4 Å². The van der Waals surface area contributed by atoms with E-state index in [9.17, 15) is 13.2 Å². The van der Waals surface area contributed by atoms with E-state index in [1.54, 1.807) is 6.08 Å². The molecular formula is C14H17NO3S. The zero-order chi connectivity index (χ0) is 14.0. The Bertz CT molecular complexity index is 632. The average molecular weight is 279 g/mol. The van der Waals surface area contributed by atoms with E-state index in [-0.39, 0.29) is 24.0 Å². The smallest absolute Gasteiger partial charge is 0.224 e.